The number of guanidine groups is 1. The number of nitrogens with one attached hydrogen (secondary N) is 3. The van der Waals surface area contributed by atoms with Crippen LogP contribution >= 0.6 is 12.6 Å². The molecule has 0 aromatic heterocycles. The zero-order valence-corrected chi connectivity index (χ0v) is 19.7. The zero-order valence-electron chi connectivity index (χ0n) is 18.8. The number of carboxylic acids is 2. The highest BCUT2D eigenvalue weighted by Gasteiger charge is 2.30. The Morgan fingerprint density at radius 2 is 1.37 bits per heavy atom. The second kappa shape index (κ2) is 16.1. The summed E-state index contributed by atoms with van der Waals surface area (Å²) >= 11 is 4.01. The molecule has 0 aliphatic carbocycles. The Kier molecular flexibility index (Phi) is 14.4. The lowest BCUT2D eigenvalue weighted by Gasteiger charge is -2.24. The minimum atomic E-state index is -1.75. The Morgan fingerprint density at radius 3 is 1.86 bits per heavy atom. The van der Waals surface area contributed by atoms with Crippen LogP contribution in [0.4, 0.5) is 0 Å². The fraction of sp³-hybridized carbons (Fsp3) is 0.611. The van der Waals surface area contributed by atoms with Gasteiger partial charge in [0.25, 0.3) is 0 Å². The molecule has 0 aliphatic heterocycles. The van der Waals surface area contributed by atoms with Gasteiger partial charge < -0.3 is 49.1 Å². The van der Waals surface area contributed by atoms with Crippen LogP contribution in [0.3, 0.4) is 0 Å². The number of aliphatic carboxylic acids is 2. The number of nitrogens with zero attached hydrogens (tertiary/aromatic N) is 1. The van der Waals surface area contributed by atoms with E-state index in [1.165, 1.54) is 0 Å². The molecule has 4 amide bonds. The Bertz CT molecular complexity index is 820. The van der Waals surface area contributed by atoms with E-state index in [1.54, 1.807) is 0 Å². The molecule has 0 bridgehead atoms. The largest absolute Gasteiger partial charge is 0.481 e. The van der Waals surface area contributed by atoms with Crippen molar-refractivity contribution in [2.75, 3.05) is 12.3 Å². The molecule has 0 radical (unpaired) electrons. The Hall–Kier alpha value is -3.60. The van der Waals surface area contributed by atoms with Gasteiger partial charge in [0.1, 0.15) is 18.1 Å². The first-order chi connectivity index (χ1) is 16.3. The van der Waals surface area contributed by atoms with Crippen molar-refractivity contribution in [3.05, 3.63) is 0 Å². The third-order valence-electron chi connectivity index (χ3n) is 4.43. The van der Waals surface area contributed by atoms with E-state index >= 15 is 0 Å². The summed E-state index contributed by atoms with van der Waals surface area (Å²) < 4.78 is 0. The standard InChI is InChI=1S/C18H32N8O8S/c19-8(3-4-12(20)27)14(30)26-11(7-35)16(32)24-9(2-1-5-23-18(21)22)15(31)25-10(17(33)34)6-13(28)29/h8-11,35H,1-7,19H2,(H2,20,27)(H,24,32)(H,25,31)(H,26,30)(H,28,29)(H,33,34)(H4,21,22,23). The van der Waals surface area contributed by atoms with Gasteiger partial charge in [-0.2, -0.15) is 12.6 Å². The summed E-state index contributed by atoms with van der Waals surface area (Å²) in [6.45, 7) is 0.0842. The van der Waals surface area contributed by atoms with E-state index in [4.69, 9.17) is 33.1 Å². The fourth-order valence-corrected chi connectivity index (χ4v) is 2.85. The first-order valence-corrected chi connectivity index (χ1v) is 11.0. The number of thiol groups is 1. The third-order valence-corrected chi connectivity index (χ3v) is 4.79. The summed E-state index contributed by atoms with van der Waals surface area (Å²) in [5, 5.41) is 24.8. The van der Waals surface area contributed by atoms with Gasteiger partial charge >= 0.3 is 11.9 Å². The zero-order chi connectivity index (χ0) is 27.1. The second-order valence-electron chi connectivity index (χ2n) is 7.36. The lowest BCUT2D eigenvalue weighted by Crippen LogP contribution is -2.57. The lowest BCUT2D eigenvalue weighted by molar-refractivity contribution is -0.147. The highest BCUT2D eigenvalue weighted by Crippen LogP contribution is 2.04. The van der Waals surface area contributed by atoms with Crippen molar-refractivity contribution in [3.8, 4) is 0 Å². The molecule has 16 nitrogen and oxygen atoms in total. The Morgan fingerprint density at radius 1 is 0.829 bits per heavy atom. The van der Waals surface area contributed by atoms with Crippen molar-refractivity contribution < 1.29 is 39.0 Å². The summed E-state index contributed by atoms with van der Waals surface area (Å²) in [6, 6.07) is -5.45. The van der Waals surface area contributed by atoms with Crippen molar-refractivity contribution >= 4 is 54.2 Å². The van der Waals surface area contributed by atoms with E-state index in [2.05, 4.69) is 33.6 Å². The maximum Gasteiger partial charge on any atom is 0.326 e. The third kappa shape index (κ3) is 13.6. The van der Waals surface area contributed by atoms with Gasteiger partial charge in [0, 0.05) is 18.7 Å². The normalized spacial score (nSPS) is 13.9. The molecule has 0 saturated heterocycles. The molecule has 0 aliphatic rings. The number of carbonyl (C=O) groups excluding carboxylic acids is 4. The minimum absolute atomic E-state index is 0.0564. The van der Waals surface area contributed by atoms with Crippen LogP contribution in [0.5, 0.6) is 0 Å². The van der Waals surface area contributed by atoms with Crippen LogP contribution in [-0.4, -0.2) is 88.2 Å². The summed E-state index contributed by atoms with van der Waals surface area (Å²) in [5.41, 5.74) is 21.2. The average Bonchev–Trinajstić information content (AvgIpc) is 2.76. The van der Waals surface area contributed by atoms with Gasteiger partial charge in [-0.05, 0) is 19.3 Å². The summed E-state index contributed by atoms with van der Waals surface area (Å²) in [6.07, 6.45) is -0.973. The monoisotopic (exact) mass is 520 g/mol. The lowest BCUT2D eigenvalue weighted by atomic mass is 10.1. The van der Waals surface area contributed by atoms with Crippen LogP contribution < -0.4 is 38.9 Å². The van der Waals surface area contributed by atoms with Crippen molar-refractivity contribution in [1.29, 1.82) is 0 Å². The minimum Gasteiger partial charge on any atom is -0.481 e. The number of aliphatic imine (C=N–C) groups is 1. The molecular weight excluding hydrogens is 488 g/mol. The average molecular weight is 521 g/mol. The van der Waals surface area contributed by atoms with Gasteiger partial charge in [-0.15, -0.1) is 0 Å². The molecule has 4 unspecified atom stereocenters. The first kappa shape index (κ1) is 31.4. The van der Waals surface area contributed by atoms with Gasteiger partial charge in [0.15, 0.2) is 5.96 Å². The number of hydrogen-bond acceptors (Lipinski definition) is 9. The maximum absolute atomic E-state index is 12.7. The topological polar surface area (TPSA) is 295 Å². The highest BCUT2D eigenvalue weighted by molar-refractivity contribution is 7.80. The number of carboxylic acid groups (broad SMARTS) is 2. The number of amides is 4. The maximum atomic E-state index is 12.7. The molecule has 17 heteroatoms. The SMILES string of the molecule is NC(=O)CCC(N)C(=O)NC(CS)C(=O)NC(CCCN=C(N)N)C(=O)NC(CC(=O)O)C(=O)O. The molecule has 0 aromatic rings. The summed E-state index contributed by atoms with van der Waals surface area (Å²) in [5.74, 6) is -6.68. The van der Waals surface area contributed by atoms with Gasteiger partial charge in [0.05, 0.1) is 12.5 Å². The molecule has 0 spiro atoms. The fourth-order valence-electron chi connectivity index (χ4n) is 2.59. The molecule has 0 fully saturated rings. The van der Waals surface area contributed by atoms with Crippen molar-refractivity contribution in [3.63, 3.8) is 0 Å². The number of nitrogens with two attached hydrogens (primary N) is 4. The highest BCUT2D eigenvalue weighted by atomic mass is 32.1. The van der Waals surface area contributed by atoms with E-state index in [0.29, 0.717) is 0 Å². The van der Waals surface area contributed by atoms with Crippen LogP contribution in [0.15, 0.2) is 4.99 Å². The van der Waals surface area contributed by atoms with E-state index in [0.717, 1.165) is 0 Å². The van der Waals surface area contributed by atoms with Gasteiger partial charge in [-0.25, -0.2) is 4.79 Å². The van der Waals surface area contributed by atoms with Crippen LogP contribution in [0.25, 0.3) is 0 Å². The van der Waals surface area contributed by atoms with Crippen LogP contribution in [0.1, 0.15) is 32.1 Å². The van der Waals surface area contributed by atoms with Gasteiger partial charge in [0.2, 0.25) is 23.6 Å². The number of rotatable bonds is 17. The molecule has 13 N–H and O–H groups in total. The van der Waals surface area contributed by atoms with Crippen molar-refractivity contribution in [1.82, 2.24) is 16.0 Å². The Labute approximate surface area is 206 Å². The Balaban J connectivity index is 5.40. The van der Waals surface area contributed by atoms with E-state index < -0.39 is 66.2 Å². The van der Waals surface area contributed by atoms with Crippen LogP contribution in [0.2, 0.25) is 0 Å². The van der Waals surface area contributed by atoms with Crippen molar-refractivity contribution in [2.45, 2.75) is 56.3 Å². The van der Waals surface area contributed by atoms with E-state index in [-0.39, 0.29) is 43.9 Å². The van der Waals surface area contributed by atoms with Crippen LogP contribution in [0, 0.1) is 0 Å². The molecule has 0 rings (SSSR count). The summed E-state index contributed by atoms with van der Waals surface area (Å²) in [4.78, 5) is 74.3. The summed E-state index contributed by atoms with van der Waals surface area (Å²) in [7, 11) is 0. The van der Waals surface area contributed by atoms with E-state index in [1.807, 2.05) is 0 Å². The predicted octanol–water partition coefficient (Wildman–Crippen LogP) is -4.42. The number of primary amides is 1. The van der Waals surface area contributed by atoms with Gasteiger partial charge in [-0.1, -0.05) is 0 Å². The van der Waals surface area contributed by atoms with Crippen LogP contribution in [-0.2, 0) is 28.8 Å². The molecule has 0 aromatic carbocycles. The molecule has 4 atom stereocenters. The molecule has 0 heterocycles. The van der Waals surface area contributed by atoms with Gasteiger partial charge in [-0.3, -0.25) is 29.0 Å². The first-order valence-electron chi connectivity index (χ1n) is 10.3. The predicted molar refractivity (Wildman–Crippen MR) is 126 cm³/mol. The number of carbonyl (C=O) groups is 6. The van der Waals surface area contributed by atoms with E-state index in [9.17, 15) is 28.8 Å². The second-order valence-corrected chi connectivity index (χ2v) is 7.73. The molecule has 0 saturated carbocycles. The molecule has 198 valence electrons. The smallest absolute Gasteiger partial charge is 0.326 e. The molecule has 35 heavy (non-hydrogen) atoms. The molecular formula is C18H32N8O8S. The number of hydrogen-bond donors (Lipinski definition) is 10. The quantitative estimate of drug-likeness (QED) is 0.0377. The van der Waals surface area contributed by atoms with Crippen molar-refractivity contribution in [2.24, 2.45) is 27.9 Å².